The van der Waals surface area contributed by atoms with Crippen molar-refractivity contribution in [2.24, 2.45) is 7.05 Å². The third kappa shape index (κ3) is 3.40. The zero-order valence-corrected chi connectivity index (χ0v) is 15.1. The summed E-state index contributed by atoms with van der Waals surface area (Å²) in [6, 6.07) is 6.49. The molecule has 0 fully saturated rings. The van der Waals surface area contributed by atoms with E-state index in [0.717, 1.165) is 12.1 Å². The zero-order valence-electron chi connectivity index (χ0n) is 15.1. The number of aromatic nitrogens is 4. The second-order valence-corrected chi connectivity index (χ2v) is 6.50. The summed E-state index contributed by atoms with van der Waals surface area (Å²) >= 11 is 0. The van der Waals surface area contributed by atoms with E-state index in [9.17, 15) is 13.6 Å². The summed E-state index contributed by atoms with van der Waals surface area (Å²) < 4.78 is 29.2. The molecule has 3 heterocycles. The predicted molar refractivity (Wildman–Crippen MR) is 102 cm³/mol. The third-order valence-electron chi connectivity index (χ3n) is 4.66. The van der Waals surface area contributed by atoms with Crippen LogP contribution in [0.2, 0.25) is 0 Å². The first-order valence-electron chi connectivity index (χ1n) is 8.77. The maximum atomic E-state index is 14.2. The Morgan fingerprint density at radius 3 is 2.75 bits per heavy atom. The van der Waals surface area contributed by atoms with Gasteiger partial charge in [-0.1, -0.05) is 6.08 Å². The van der Waals surface area contributed by atoms with Crippen LogP contribution in [0.4, 0.5) is 14.7 Å². The van der Waals surface area contributed by atoms with Gasteiger partial charge >= 0.3 is 0 Å². The Balaban J connectivity index is 1.72. The molecule has 3 aromatic rings. The van der Waals surface area contributed by atoms with Crippen molar-refractivity contribution in [3.63, 3.8) is 0 Å². The van der Waals surface area contributed by atoms with Crippen molar-refractivity contribution in [2.75, 3.05) is 18.0 Å². The molecule has 0 saturated heterocycles. The van der Waals surface area contributed by atoms with Crippen molar-refractivity contribution in [2.45, 2.75) is 6.42 Å². The summed E-state index contributed by atoms with van der Waals surface area (Å²) in [6.45, 7) is 0.918. The normalized spacial score (nSPS) is 14.1. The van der Waals surface area contributed by atoms with Gasteiger partial charge in [-0.2, -0.15) is 0 Å². The molecule has 6 nitrogen and oxygen atoms in total. The Morgan fingerprint density at radius 2 is 1.96 bits per heavy atom. The largest absolute Gasteiger partial charge is 0.338 e. The van der Waals surface area contributed by atoms with Crippen molar-refractivity contribution < 1.29 is 8.78 Å². The Hall–Kier alpha value is -3.42. The van der Waals surface area contributed by atoms with Gasteiger partial charge in [-0.3, -0.25) is 9.36 Å². The smallest absolute Gasteiger partial charge is 0.255 e. The van der Waals surface area contributed by atoms with E-state index in [2.05, 4.69) is 15.0 Å². The zero-order chi connectivity index (χ0) is 19.7. The van der Waals surface area contributed by atoms with Gasteiger partial charge in [0.15, 0.2) is 0 Å². The molecule has 0 saturated carbocycles. The van der Waals surface area contributed by atoms with Crippen molar-refractivity contribution in [3.05, 3.63) is 76.5 Å². The number of anilines is 1. The lowest BCUT2D eigenvalue weighted by molar-refractivity contribution is 0.595. The van der Waals surface area contributed by atoms with Crippen LogP contribution in [0.3, 0.4) is 0 Å². The minimum absolute atomic E-state index is 0.224. The average molecular weight is 381 g/mol. The number of nitrogens with zero attached hydrogens (tertiary/aromatic N) is 5. The van der Waals surface area contributed by atoms with E-state index in [1.165, 1.54) is 23.0 Å². The Bertz CT molecular complexity index is 1110. The van der Waals surface area contributed by atoms with Crippen LogP contribution in [0.25, 0.3) is 17.0 Å². The molecule has 0 unspecified atom stereocenters. The molecule has 28 heavy (non-hydrogen) atoms. The number of halogens is 2. The highest BCUT2D eigenvalue weighted by atomic mass is 19.1. The maximum absolute atomic E-state index is 14.2. The lowest BCUT2D eigenvalue weighted by atomic mass is 10.0. The Morgan fingerprint density at radius 1 is 1.11 bits per heavy atom. The molecule has 1 aliphatic heterocycles. The summed E-state index contributed by atoms with van der Waals surface area (Å²) in [4.78, 5) is 27.0. The molecule has 0 spiro atoms. The van der Waals surface area contributed by atoms with Gasteiger partial charge in [0.1, 0.15) is 18.0 Å². The van der Waals surface area contributed by atoms with E-state index in [1.807, 2.05) is 11.0 Å². The minimum Gasteiger partial charge on any atom is -0.338 e. The van der Waals surface area contributed by atoms with Crippen molar-refractivity contribution in [1.82, 2.24) is 19.5 Å². The van der Waals surface area contributed by atoms with Crippen LogP contribution < -0.4 is 10.5 Å². The first kappa shape index (κ1) is 18.0. The number of rotatable bonds is 3. The Labute approximate surface area is 159 Å². The number of hydrogen-bond donors (Lipinski definition) is 0. The standard InChI is InChI=1S/C20H17F2N5O/c1-26-19(28)10-18(17-6-7-23-12-24-17)25-20(26)27-8-2-3-13(11-27)15-9-14(21)4-5-16(15)22/h3-7,9-10,12H,2,8,11H2,1H3. The topological polar surface area (TPSA) is 63.9 Å². The highest BCUT2D eigenvalue weighted by Gasteiger charge is 2.21. The lowest BCUT2D eigenvalue weighted by Gasteiger charge is -2.30. The molecule has 1 aromatic carbocycles. The quantitative estimate of drug-likeness (QED) is 0.698. The van der Waals surface area contributed by atoms with Crippen LogP contribution in [-0.2, 0) is 7.05 Å². The fraction of sp³-hybridized carbons (Fsp3) is 0.200. The molecule has 0 bridgehead atoms. The van der Waals surface area contributed by atoms with Gasteiger partial charge in [0, 0.05) is 38.0 Å². The molecule has 2 aromatic heterocycles. The summed E-state index contributed by atoms with van der Waals surface area (Å²) in [5, 5.41) is 0. The van der Waals surface area contributed by atoms with Gasteiger partial charge in [-0.25, -0.2) is 23.7 Å². The molecule has 0 amide bonds. The van der Waals surface area contributed by atoms with Crippen LogP contribution in [0.1, 0.15) is 12.0 Å². The third-order valence-corrected chi connectivity index (χ3v) is 4.66. The van der Waals surface area contributed by atoms with E-state index < -0.39 is 11.6 Å². The summed E-state index contributed by atoms with van der Waals surface area (Å²) in [5.74, 6) is -0.527. The second kappa shape index (κ2) is 7.30. The van der Waals surface area contributed by atoms with E-state index in [0.29, 0.717) is 42.4 Å². The molecule has 0 radical (unpaired) electrons. The van der Waals surface area contributed by atoms with Gasteiger partial charge in [0.05, 0.1) is 11.4 Å². The van der Waals surface area contributed by atoms with Gasteiger partial charge in [0.25, 0.3) is 5.56 Å². The second-order valence-electron chi connectivity index (χ2n) is 6.50. The molecule has 0 aliphatic carbocycles. The fourth-order valence-electron chi connectivity index (χ4n) is 3.24. The summed E-state index contributed by atoms with van der Waals surface area (Å²) in [6.07, 6.45) is 5.48. The van der Waals surface area contributed by atoms with Gasteiger partial charge in [-0.05, 0) is 36.3 Å². The lowest BCUT2D eigenvalue weighted by Crippen LogP contribution is -2.35. The predicted octanol–water partition coefficient (Wildman–Crippen LogP) is 2.81. The summed E-state index contributed by atoms with van der Waals surface area (Å²) in [5.41, 5.74) is 1.63. The highest BCUT2D eigenvalue weighted by molar-refractivity contribution is 5.71. The van der Waals surface area contributed by atoms with Crippen LogP contribution >= 0.6 is 0 Å². The van der Waals surface area contributed by atoms with Crippen molar-refractivity contribution in [3.8, 4) is 11.4 Å². The van der Waals surface area contributed by atoms with E-state index >= 15 is 0 Å². The molecule has 142 valence electrons. The maximum Gasteiger partial charge on any atom is 0.255 e. The van der Waals surface area contributed by atoms with Crippen molar-refractivity contribution >= 4 is 11.5 Å². The molecule has 0 N–H and O–H groups in total. The van der Waals surface area contributed by atoms with Crippen molar-refractivity contribution in [1.29, 1.82) is 0 Å². The Kier molecular flexibility index (Phi) is 4.68. The first-order chi connectivity index (χ1) is 13.5. The molecular weight excluding hydrogens is 364 g/mol. The average Bonchev–Trinajstić information content (AvgIpc) is 2.72. The van der Waals surface area contributed by atoms with E-state index in [4.69, 9.17) is 0 Å². The van der Waals surface area contributed by atoms with Gasteiger partial charge < -0.3 is 4.90 Å². The van der Waals surface area contributed by atoms with Crippen LogP contribution in [0.5, 0.6) is 0 Å². The number of hydrogen-bond acceptors (Lipinski definition) is 5. The van der Waals surface area contributed by atoms with Gasteiger partial charge in [-0.15, -0.1) is 0 Å². The summed E-state index contributed by atoms with van der Waals surface area (Å²) in [7, 11) is 1.63. The van der Waals surface area contributed by atoms with E-state index in [1.54, 1.807) is 19.3 Å². The molecular formula is C20H17F2N5O. The molecule has 1 aliphatic rings. The SMILES string of the molecule is Cn1c(N2CCC=C(c3cc(F)ccc3F)C2)nc(-c2ccncn2)cc1=O. The van der Waals surface area contributed by atoms with Crippen LogP contribution in [-0.4, -0.2) is 32.6 Å². The molecule has 8 heteroatoms. The molecule has 0 atom stereocenters. The van der Waals surface area contributed by atoms with E-state index in [-0.39, 0.29) is 11.1 Å². The van der Waals surface area contributed by atoms with Crippen LogP contribution in [0, 0.1) is 11.6 Å². The highest BCUT2D eigenvalue weighted by Crippen LogP contribution is 2.27. The number of benzene rings is 1. The van der Waals surface area contributed by atoms with Crippen LogP contribution in [0.15, 0.2) is 53.7 Å². The molecule has 4 rings (SSSR count). The minimum atomic E-state index is -0.495. The fourth-order valence-corrected chi connectivity index (χ4v) is 3.24. The first-order valence-corrected chi connectivity index (χ1v) is 8.77. The monoisotopic (exact) mass is 381 g/mol. The van der Waals surface area contributed by atoms with Gasteiger partial charge in [0.2, 0.25) is 5.95 Å².